The lowest BCUT2D eigenvalue weighted by Gasteiger charge is -2.38. The van der Waals surface area contributed by atoms with Gasteiger partial charge < -0.3 is 15.5 Å². The van der Waals surface area contributed by atoms with Crippen molar-refractivity contribution in [3.63, 3.8) is 0 Å². The molecule has 1 fully saturated rings. The number of aromatic hydroxyl groups is 1. The largest absolute Gasteiger partial charge is 0.508 e. The van der Waals surface area contributed by atoms with Gasteiger partial charge in [-0.25, -0.2) is 0 Å². The van der Waals surface area contributed by atoms with Gasteiger partial charge in [-0.1, -0.05) is 22.0 Å². The number of benzene rings is 1. The molecule has 3 nitrogen and oxygen atoms in total. The molecule has 3 N–H and O–H groups in total. The molecule has 0 amide bonds. The molecular weight excluding hydrogens is 246 g/mol. The lowest BCUT2D eigenvalue weighted by Crippen LogP contribution is -2.60. The molecular formula is C10H12BrNO2. The monoisotopic (exact) mass is 257 g/mol. The Morgan fingerprint density at radius 2 is 2.14 bits per heavy atom. The summed E-state index contributed by atoms with van der Waals surface area (Å²) in [7, 11) is 0. The van der Waals surface area contributed by atoms with E-state index in [4.69, 9.17) is 0 Å². The summed E-state index contributed by atoms with van der Waals surface area (Å²) in [5.41, 5.74) is 0.0814. The van der Waals surface area contributed by atoms with E-state index in [1.165, 1.54) is 0 Å². The van der Waals surface area contributed by atoms with E-state index in [-0.39, 0.29) is 5.75 Å². The van der Waals surface area contributed by atoms with Crippen LogP contribution in [0.5, 0.6) is 5.75 Å². The predicted octanol–water partition coefficient (Wildman–Crippen LogP) is 1.03. The van der Waals surface area contributed by atoms with Crippen molar-refractivity contribution in [2.45, 2.75) is 12.0 Å². The van der Waals surface area contributed by atoms with Crippen molar-refractivity contribution in [2.75, 3.05) is 13.1 Å². The van der Waals surface area contributed by atoms with Crippen LogP contribution in [0.25, 0.3) is 0 Å². The Labute approximate surface area is 90.9 Å². The number of aliphatic hydroxyl groups is 1. The average molecular weight is 258 g/mol. The Bertz CT molecular complexity index is 330. The van der Waals surface area contributed by atoms with Crippen LogP contribution in [-0.2, 0) is 6.42 Å². The van der Waals surface area contributed by atoms with Crippen LogP contribution in [0.4, 0.5) is 0 Å². The summed E-state index contributed by atoms with van der Waals surface area (Å²) in [6.07, 6.45) is 0.479. The quantitative estimate of drug-likeness (QED) is 0.742. The average Bonchev–Trinajstić information content (AvgIpc) is 2.09. The fraction of sp³-hybridized carbons (Fsp3) is 0.400. The number of hydrogen-bond acceptors (Lipinski definition) is 3. The Morgan fingerprint density at radius 1 is 1.43 bits per heavy atom. The molecule has 0 atom stereocenters. The van der Waals surface area contributed by atoms with Gasteiger partial charge in [-0.05, 0) is 12.1 Å². The first-order valence-corrected chi connectivity index (χ1v) is 5.29. The third kappa shape index (κ3) is 1.78. The highest BCUT2D eigenvalue weighted by Gasteiger charge is 2.35. The van der Waals surface area contributed by atoms with Crippen molar-refractivity contribution < 1.29 is 10.2 Å². The molecule has 1 aliphatic heterocycles. The van der Waals surface area contributed by atoms with Gasteiger partial charge in [0, 0.05) is 29.5 Å². The summed E-state index contributed by atoms with van der Waals surface area (Å²) in [4.78, 5) is 0. The molecule has 1 aromatic carbocycles. The summed E-state index contributed by atoms with van der Waals surface area (Å²) in [5, 5.41) is 22.5. The minimum Gasteiger partial charge on any atom is -0.508 e. The number of nitrogens with one attached hydrogen (secondary N) is 1. The van der Waals surface area contributed by atoms with Gasteiger partial charge in [0.25, 0.3) is 0 Å². The molecule has 1 saturated heterocycles. The van der Waals surface area contributed by atoms with Crippen molar-refractivity contribution in [3.05, 3.63) is 28.2 Å². The van der Waals surface area contributed by atoms with Crippen LogP contribution in [0.2, 0.25) is 0 Å². The van der Waals surface area contributed by atoms with Gasteiger partial charge in [-0.3, -0.25) is 0 Å². The summed E-state index contributed by atoms with van der Waals surface area (Å²) in [5.74, 6) is 0.236. The van der Waals surface area contributed by atoms with E-state index < -0.39 is 5.60 Å². The van der Waals surface area contributed by atoms with E-state index in [1.807, 2.05) is 6.07 Å². The van der Waals surface area contributed by atoms with Crippen LogP contribution in [0.15, 0.2) is 22.7 Å². The number of phenolic OH excluding ortho intramolecular Hbond substituents is 1. The zero-order valence-electron chi connectivity index (χ0n) is 7.63. The van der Waals surface area contributed by atoms with Gasteiger partial charge in [0.15, 0.2) is 0 Å². The molecule has 0 radical (unpaired) electrons. The number of β-amino-alcohol motifs (C(OH)–C–C–N with tert-alkyl or cyclic N) is 1. The van der Waals surface area contributed by atoms with E-state index in [1.54, 1.807) is 12.1 Å². The zero-order valence-corrected chi connectivity index (χ0v) is 9.21. The van der Waals surface area contributed by atoms with E-state index in [0.717, 1.165) is 10.0 Å². The second-order valence-corrected chi connectivity index (χ2v) is 4.60. The van der Waals surface area contributed by atoms with E-state index in [0.29, 0.717) is 19.5 Å². The lowest BCUT2D eigenvalue weighted by molar-refractivity contribution is -0.00958. The molecule has 14 heavy (non-hydrogen) atoms. The van der Waals surface area contributed by atoms with Crippen molar-refractivity contribution in [1.29, 1.82) is 0 Å². The van der Waals surface area contributed by atoms with Crippen LogP contribution in [0, 0.1) is 0 Å². The van der Waals surface area contributed by atoms with Crippen LogP contribution in [0.3, 0.4) is 0 Å². The molecule has 1 heterocycles. The molecule has 2 rings (SSSR count). The Kier molecular flexibility index (Phi) is 2.51. The molecule has 0 aliphatic carbocycles. The third-order valence-electron chi connectivity index (χ3n) is 2.51. The zero-order chi connectivity index (χ0) is 10.2. The molecule has 4 heteroatoms. The fourth-order valence-electron chi connectivity index (χ4n) is 1.59. The first-order chi connectivity index (χ1) is 6.61. The Balaban J connectivity index is 2.23. The third-order valence-corrected chi connectivity index (χ3v) is 3.25. The normalized spacial score (nSPS) is 19.0. The van der Waals surface area contributed by atoms with Gasteiger partial charge in [0.2, 0.25) is 0 Å². The van der Waals surface area contributed by atoms with Gasteiger partial charge >= 0.3 is 0 Å². The highest BCUT2D eigenvalue weighted by atomic mass is 79.9. The number of rotatable bonds is 2. The summed E-state index contributed by atoms with van der Waals surface area (Å²) >= 11 is 3.36. The minimum absolute atomic E-state index is 0.236. The fourth-order valence-corrected chi connectivity index (χ4v) is 2.09. The summed E-state index contributed by atoms with van der Waals surface area (Å²) < 4.78 is 0.845. The van der Waals surface area contributed by atoms with E-state index in [9.17, 15) is 10.2 Å². The summed E-state index contributed by atoms with van der Waals surface area (Å²) in [6.45, 7) is 1.18. The van der Waals surface area contributed by atoms with Gasteiger partial charge in [-0.15, -0.1) is 0 Å². The maximum atomic E-state index is 9.92. The van der Waals surface area contributed by atoms with Gasteiger partial charge in [0.1, 0.15) is 5.75 Å². The summed E-state index contributed by atoms with van der Waals surface area (Å²) in [6, 6.07) is 5.27. The van der Waals surface area contributed by atoms with Crippen molar-refractivity contribution in [1.82, 2.24) is 5.32 Å². The molecule has 0 aromatic heterocycles. The van der Waals surface area contributed by atoms with Crippen molar-refractivity contribution >= 4 is 15.9 Å². The van der Waals surface area contributed by atoms with Crippen molar-refractivity contribution in [2.24, 2.45) is 0 Å². The second-order valence-electron chi connectivity index (χ2n) is 3.74. The van der Waals surface area contributed by atoms with Crippen molar-refractivity contribution in [3.8, 4) is 5.75 Å². The Hall–Kier alpha value is -0.580. The highest BCUT2D eigenvalue weighted by molar-refractivity contribution is 9.10. The molecule has 0 unspecified atom stereocenters. The minimum atomic E-state index is -0.693. The standard InChI is InChI=1S/C10H12BrNO2/c11-8-2-1-3-9(13)7(8)4-10(14)5-12-6-10/h1-3,12-14H,4-6H2. The maximum Gasteiger partial charge on any atom is 0.120 e. The second kappa shape index (κ2) is 3.53. The molecule has 0 bridgehead atoms. The van der Waals surface area contributed by atoms with E-state index >= 15 is 0 Å². The topological polar surface area (TPSA) is 52.5 Å². The van der Waals surface area contributed by atoms with E-state index in [2.05, 4.69) is 21.2 Å². The first-order valence-electron chi connectivity index (χ1n) is 4.50. The molecule has 76 valence electrons. The number of halogens is 1. The van der Waals surface area contributed by atoms with Crippen LogP contribution in [0.1, 0.15) is 5.56 Å². The van der Waals surface area contributed by atoms with Crippen LogP contribution in [-0.4, -0.2) is 28.9 Å². The number of hydrogen-bond donors (Lipinski definition) is 3. The van der Waals surface area contributed by atoms with Gasteiger partial charge in [0.05, 0.1) is 5.60 Å². The van der Waals surface area contributed by atoms with Crippen LogP contribution >= 0.6 is 15.9 Å². The Morgan fingerprint density at radius 3 is 2.64 bits per heavy atom. The lowest BCUT2D eigenvalue weighted by atomic mass is 9.89. The van der Waals surface area contributed by atoms with Crippen LogP contribution < -0.4 is 5.32 Å². The highest BCUT2D eigenvalue weighted by Crippen LogP contribution is 2.30. The molecule has 1 aromatic rings. The smallest absolute Gasteiger partial charge is 0.120 e. The first kappa shape index (κ1) is 9.96. The SMILES string of the molecule is Oc1cccc(Br)c1CC1(O)CNC1. The predicted molar refractivity (Wildman–Crippen MR) is 57.3 cm³/mol. The maximum absolute atomic E-state index is 9.92. The molecule has 1 aliphatic rings. The number of phenols is 1. The molecule has 0 saturated carbocycles. The molecule has 0 spiro atoms. The van der Waals surface area contributed by atoms with Gasteiger partial charge in [-0.2, -0.15) is 0 Å².